The van der Waals surface area contributed by atoms with Crippen molar-refractivity contribution < 1.29 is 9.94 Å². The molecule has 1 heterocycles. The Hall–Kier alpha value is -1.97. The van der Waals surface area contributed by atoms with Crippen LogP contribution in [0.4, 0.5) is 0 Å². The van der Waals surface area contributed by atoms with E-state index >= 15 is 0 Å². The van der Waals surface area contributed by atoms with Crippen LogP contribution in [0.15, 0.2) is 29.6 Å². The van der Waals surface area contributed by atoms with Gasteiger partial charge in [0.05, 0.1) is 13.3 Å². The molecule has 0 atom stereocenters. The maximum atomic E-state index is 8.43. The van der Waals surface area contributed by atoms with Crippen molar-refractivity contribution in [1.82, 2.24) is 4.98 Å². The lowest BCUT2D eigenvalue weighted by atomic mass is 10.2. The summed E-state index contributed by atoms with van der Waals surface area (Å²) in [5, 5.41) is 12.4. The van der Waals surface area contributed by atoms with Gasteiger partial charge >= 0.3 is 0 Å². The van der Waals surface area contributed by atoms with E-state index in [1.807, 2.05) is 18.2 Å². The van der Waals surface area contributed by atoms with Crippen LogP contribution in [-0.2, 0) is 0 Å². The molecule has 0 unspecified atom stereocenters. The number of oxime groups is 1. The van der Waals surface area contributed by atoms with E-state index in [0.29, 0.717) is 0 Å². The lowest BCUT2D eigenvalue weighted by Crippen LogP contribution is -1.82. The molecular formula is C10H10N2O2. The summed E-state index contributed by atoms with van der Waals surface area (Å²) in [5.41, 5.74) is 1.81. The SMILES string of the molecule is COc1ccc2c(/C=N/O)c[nH]c2c1. The van der Waals surface area contributed by atoms with E-state index in [4.69, 9.17) is 9.94 Å². The van der Waals surface area contributed by atoms with E-state index < -0.39 is 0 Å². The van der Waals surface area contributed by atoms with Gasteiger partial charge in [0.1, 0.15) is 5.75 Å². The van der Waals surface area contributed by atoms with E-state index in [0.717, 1.165) is 22.2 Å². The molecular weight excluding hydrogens is 180 g/mol. The fourth-order valence-electron chi connectivity index (χ4n) is 1.42. The van der Waals surface area contributed by atoms with Crippen LogP contribution < -0.4 is 4.74 Å². The summed E-state index contributed by atoms with van der Waals surface area (Å²) < 4.78 is 5.09. The summed E-state index contributed by atoms with van der Waals surface area (Å²) >= 11 is 0. The van der Waals surface area contributed by atoms with Crippen molar-refractivity contribution in [2.45, 2.75) is 0 Å². The van der Waals surface area contributed by atoms with Gasteiger partial charge in [-0.3, -0.25) is 0 Å². The zero-order valence-corrected chi connectivity index (χ0v) is 7.69. The summed E-state index contributed by atoms with van der Waals surface area (Å²) in [6.45, 7) is 0. The minimum atomic E-state index is 0.798. The highest BCUT2D eigenvalue weighted by Gasteiger charge is 2.02. The zero-order chi connectivity index (χ0) is 9.97. The Morgan fingerprint density at radius 2 is 2.36 bits per heavy atom. The molecule has 0 bridgehead atoms. The Kier molecular flexibility index (Phi) is 2.10. The van der Waals surface area contributed by atoms with Gasteiger partial charge in [-0.2, -0.15) is 0 Å². The number of aromatic amines is 1. The lowest BCUT2D eigenvalue weighted by molar-refractivity contribution is 0.322. The first-order valence-corrected chi connectivity index (χ1v) is 4.17. The third-order valence-electron chi connectivity index (χ3n) is 2.12. The van der Waals surface area contributed by atoms with Gasteiger partial charge < -0.3 is 14.9 Å². The van der Waals surface area contributed by atoms with Crippen LogP contribution >= 0.6 is 0 Å². The number of nitrogens with one attached hydrogen (secondary N) is 1. The number of methoxy groups -OCH3 is 1. The second-order valence-corrected chi connectivity index (χ2v) is 2.90. The van der Waals surface area contributed by atoms with E-state index in [1.54, 1.807) is 13.3 Å². The largest absolute Gasteiger partial charge is 0.497 e. The topological polar surface area (TPSA) is 57.6 Å². The average molecular weight is 190 g/mol. The van der Waals surface area contributed by atoms with Gasteiger partial charge in [-0.1, -0.05) is 5.16 Å². The van der Waals surface area contributed by atoms with Crippen molar-refractivity contribution in [2.75, 3.05) is 7.11 Å². The Balaban J connectivity index is 2.59. The molecule has 0 radical (unpaired) electrons. The smallest absolute Gasteiger partial charge is 0.120 e. The highest BCUT2D eigenvalue weighted by molar-refractivity contribution is 5.99. The molecule has 0 amide bonds. The van der Waals surface area contributed by atoms with Gasteiger partial charge in [0.15, 0.2) is 0 Å². The van der Waals surface area contributed by atoms with Crippen molar-refractivity contribution >= 4 is 17.1 Å². The summed E-state index contributed by atoms with van der Waals surface area (Å²) in [4.78, 5) is 3.07. The highest BCUT2D eigenvalue weighted by Crippen LogP contribution is 2.21. The summed E-state index contributed by atoms with van der Waals surface area (Å²) in [6.07, 6.45) is 3.18. The molecule has 14 heavy (non-hydrogen) atoms. The van der Waals surface area contributed by atoms with Crippen LogP contribution in [0.1, 0.15) is 5.56 Å². The fraction of sp³-hybridized carbons (Fsp3) is 0.100. The summed E-state index contributed by atoms with van der Waals surface area (Å²) in [5.74, 6) is 0.798. The molecule has 1 aromatic heterocycles. The molecule has 1 aromatic carbocycles. The molecule has 2 N–H and O–H groups in total. The molecule has 2 aromatic rings. The molecule has 4 nitrogen and oxygen atoms in total. The number of H-pyrrole nitrogens is 1. The van der Waals surface area contributed by atoms with Crippen LogP contribution in [-0.4, -0.2) is 23.5 Å². The molecule has 0 spiro atoms. The number of hydrogen-bond acceptors (Lipinski definition) is 3. The van der Waals surface area contributed by atoms with Crippen LogP contribution in [0.2, 0.25) is 0 Å². The van der Waals surface area contributed by atoms with E-state index in [-0.39, 0.29) is 0 Å². The summed E-state index contributed by atoms with van der Waals surface area (Å²) in [7, 11) is 1.63. The minimum absolute atomic E-state index is 0.798. The van der Waals surface area contributed by atoms with Crippen LogP contribution in [0, 0.1) is 0 Å². The number of ether oxygens (including phenoxy) is 1. The molecule has 0 saturated carbocycles. The van der Waals surface area contributed by atoms with Gasteiger partial charge in [0.25, 0.3) is 0 Å². The van der Waals surface area contributed by atoms with E-state index in [1.165, 1.54) is 6.21 Å². The van der Waals surface area contributed by atoms with Crippen molar-refractivity contribution in [1.29, 1.82) is 0 Å². The highest BCUT2D eigenvalue weighted by atomic mass is 16.5. The van der Waals surface area contributed by atoms with Crippen LogP contribution in [0.3, 0.4) is 0 Å². The van der Waals surface area contributed by atoms with Gasteiger partial charge in [-0.15, -0.1) is 0 Å². The second kappa shape index (κ2) is 3.41. The van der Waals surface area contributed by atoms with Crippen LogP contribution in [0.5, 0.6) is 5.75 Å². The van der Waals surface area contributed by atoms with Crippen LogP contribution in [0.25, 0.3) is 10.9 Å². The first-order valence-electron chi connectivity index (χ1n) is 4.17. The Morgan fingerprint density at radius 1 is 1.50 bits per heavy atom. The third kappa shape index (κ3) is 1.31. The van der Waals surface area contributed by atoms with Crippen molar-refractivity contribution in [3.05, 3.63) is 30.0 Å². The molecule has 72 valence electrons. The first-order chi connectivity index (χ1) is 6.85. The van der Waals surface area contributed by atoms with Crippen molar-refractivity contribution in [2.24, 2.45) is 5.16 Å². The Bertz CT molecular complexity index is 474. The molecule has 2 rings (SSSR count). The Labute approximate surface area is 80.8 Å². The molecule has 0 fully saturated rings. The van der Waals surface area contributed by atoms with Crippen molar-refractivity contribution in [3.63, 3.8) is 0 Å². The first kappa shape index (κ1) is 8.62. The molecule has 0 aliphatic carbocycles. The van der Waals surface area contributed by atoms with Gasteiger partial charge in [-0.25, -0.2) is 0 Å². The predicted molar refractivity (Wildman–Crippen MR) is 54.2 cm³/mol. The molecule has 0 aliphatic heterocycles. The van der Waals surface area contributed by atoms with E-state index in [2.05, 4.69) is 10.1 Å². The van der Waals surface area contributed by atoms with Gasteiger partial charge in [0, 0.05) is 28.7 Å². The number of nitrogens with zero attached hydrogens (tertiary/aromatic N) is 1. The second-order valence-electron chi connectivity index (χ2n) is 2.90. The zero-order valence-electron chi connectivity index (χ0n) is 7.69. The predicted octanol–water partition coefficient (Wildman–Crippen LogP) is 1.98. The number of hydrogen-bond donors (Lipinski definition) is 2. The maximum absolute atomic E-state index is 8.43. The third-order valence-corrected chi connectivity index (χ3v) is 2.12. The Morgan fingerprint density at radius 3 is 3.07 bits per heavy atom. The fourth-order valence-corrected chi connectivity index (χ4v) is 1.42. The molecule has 0 aliphatic rings. The summed E-state index contributed by atoms with van der Waals surface area (Å²) in [6, 6.07) is 5.68. The number of rotatable bonds is 2. The van der Waals surface area contributed by atoms with E-state index in [9.17, 15) is 0 Å². The number of aromatic nitrogens is 1. The maximum Gasteiger partial charge on any atom is 0.120 e. The molecule has 0 saturated heterocycles. The normalized spacial score (nSPS) is 11.2. The standard InChI is InChI=1S/C10H10N2O2/c1-14-8-2-3-9-7(6-12-13)5-11-10(9)4-8/h2-6,11,13H,1H3/b12-6+. The number of benzene rings is 1. The quantitative estimate of drug-likeness (QED) is 0.432. The monoisotopic (exact) mass is 190 g/mol. The van der Waals surface area contributed by atoms with Crippen molar-refractivity contribution in [3.8, 4) is 5.75 Å². The average Bonchev–Trinajstić information content (AvgIpc) is 2.61. The van der Waals surface area contributed by atoms with Gasteiger partial charge in [0.2, 0.25) is 0 Å². The van der Waals surface area contributed by atoms with Gasteiger partial charge in [-0.05, 0) is 12.1 Å². The minimum Gasteiger partial charge on any atom is -0.497 e. The molecule has 4 heteroatoms. The lowest BCUT2D eigenvalue weighted by Gasteiger charge is -1.98. The number of fused-ring (bicyclic) bond motifs is 1.